The van der Waals surface area contributed by atoms with Crippen LogP contribution in [-0.2, 0) is 0 Å². The molecule has 0 bridgehead atoms. The van der Waals surface area contributed by atoms with E-state index in [1.807, 2.05) is 30.3 Å². The van der Waals surface area contributed by atoms with Crippen LogP contribution in [0.1, 0.15) is 48.0 Å². The lowest BCUT2D eigenvalue weighted by molar-refractivity contribution is 0.0733. The minimum Gasteiger partial charge on any atom is -0.423 e. The Labute approximate surface area is 184 Å². The summed E-state index contributed by atoms with van der Waals surface area (Å²) in [6, 6.07) is 14.9. The van der Waals surface area contributed by atoms with E-state index in [9.17, 15) is 4.79 Å². The molecule has 0 amide bonds. The Morgan fingerprint density at radius 1 is 1.11 bits per heavy atom. The fourth-order valence-corrected chi connectivity index (χ4v) is 3.87. The monoisotopic (exact) mass is 507 g/mol. The Kier molecular flexibility index (Phi) is 7.79. The van der Waals surface area contributed by atoms with Gasteiger partial charge >= 0.3 is 5.97 Å². The van der Waals surface area contributed by atoms with Gasteiger partial charge in [0.05, 0.1) is 11.8 Å². The Morgan fingerprint density at radius 2 is 1.82 bits per heavy atom. The van der Waals surface area contributed by atoms with Crippen molar-refractivity contribution in [2.75, 3.05) is 0 Å². The number of carbonyl (C=O) groups excluding carboxylic acids is 1. The first-order valence-electron chi connectivity index (χ1n) is 9.28. The van der Waals surface area contributed by atoms with Gasteiger partial charge in [-0.25, -0.2) is 4.79 Å². The molecule has 2 aromatic rings. The molecule has 3 rings (SSSR count). The van der Waals surface area contributed by atoms with Crippen molar-refractivity contribution in [2.24, 2.45) is 5.10 Å². The topological polar surface area (TPSA) is 62.7 Å². The van der Waals surface area contributed by atoms with E-state index in [1.54, 1.807) is 24.4 Å². The molecule has 1 saturated carbocycles. The lowest BCUT2D eigenvalue weighted by Crippen LogP contribution is -2.40. The number of hydrogen-bond donors (Lipinski definition) is 2. The highest BCUT2D eigenvalue weighted by Gasteiger charge is 2.13. The van der Waals surface area contributed by atoms with E-state index in [-0.39, 0.29) is 5.97 Å². The SMILES string of the molecule is O=C(Oc1ccc(C=NNC(=S)NC2CCCCC2)cc1)c1ccccc1I. The predicted octanol–water partition coefficient (Wildman–Crippen LogP) is 4.64. The van der Waals surface area contributed by atoms with Gasteiger partial charge in [-0.3, -0.25) is 5.43 Å². The third-order valence-corrected chi connectivity index (χ3v) is 5.65. The second-order valence-electron chi connectivity index (χ2n) is 6.62. The van der Waals surface area contributed by atoms with Gasteiger partial charge in [-0.05, 0) is 89.6 Å². The van der Waals surface area contributed by atoms with Gasteiger partial charge in [-0.2, -0.15) is 5.10 Å². The van der Waals surface area contributed by atoms with Crippen LogP contribution in [0.5, 0.6) is 5.75 Å². The molecule has 0 aromatic heterocycles. The highest BCUT2D eigenvalue weighted by molar-refractivity contribution is 14.1. The fraction of sp³-hybridized carbons (Fsp3) is 0.286. The van der Waals surface area contributed by atoms with E-state index in [1.165, 1.54) is 19.3 Å². The fourth-order valence-electron chi connectivity index (χ4n) is 3.04. The van der Waals surface area contributed by atoms with Gasteiger partial charge < -0.3 is 10.1 Å². The lowest BCUT2D eigenvalue weighted by Gasteiger charge is -2.23. The minimum atomic E-state index is -0.368. The van der Waals surface area contributed by atoms with E-state index in [4.69, 9.17) is 17.0 Å². The summed E-state index contributed by atoms with van der Waals surface area (Å²) in [5, 5.41) is 8.02. The zero-order chi connectivity index (χ0) is 19.8. The quantitative estimate of drug-likeness (QED) is 0.154. The standard InChI is InChI=1S/C21H22IN3O2S/c22-19-9-5-4-8-18(19)20(26)27-17-12-10-15(11-13-17)14-23-25-21(28)24-16-6-2-1-3-7-16/h4-5,8-14,16H,1-3,6-7H2,(H2,24,25,28). The molecule has 7 heteroatoms. The van der Waals surface area contributed by atoms with Gasteiger partial charge in [-0.1, -0.05) is 31.4 Å². The molecule has 1 aliphatic carbocycles. The maximum atomic E-state index is 12.2. The van der Waals surface area contributed by atoms with E-state index in [0.29, 0.717) is 22.5 Å². The molecule has 1 aliphatic rings. The molecule has 0 spiro atoms. The number of nitrogens with one attached hydrogen (secondary N) is 2. The van der Waals surface area contributed by atoms with Crippen LogP contribution in [0.4, 0.5) is 0 Å². The molecule has 146 valence electrons. The van der Waals surface area contributed by atoms with E-state index >= 15 is 0 Å². The molecule has 28 heavy (non-hydrogen) atoms. The summed E-state index contributed by atoms with van der Waals surface area (Å²) in [7, 11) is 0. The van der Waals surface area contributed by atoms with Crippen LogP contribution in [-0.4, -0.2) is 23.3 Å². The normalized spacial score (nSPS) is 14.6. The molecule has 2 N–H and O–H groups in total. The summed E-state index contributed by atoms with van der Waals surface area (Å²) in [6.45, 7) is 0. The Hall–Kier alpha value is -2.00. The first-order chi connectivity index (χ1) is 13.6. The summed E-state index contributed by atoms with van der Waals surface area (Å²) in [4.78, 5) is 12.2. The van der Waals surface area contributed by atoms with Crippen molar-refractivity contribution in [1.29, 1.82) is 0 Å². The van der Waals surface area contributed by atoms with Gasteiger partial charge in [-0.15, -0.1) is 0 Å². The van der Waals surface area contributed by atoms with Crippen LogP contribution >= 0.6 is 34.8 Å². The molecule has 0 aliphatic heterocycles. The highest BCUT2D eigenvalue weighted by atomic mass is 127. The number of hydrazone groups is 1. The number of nitrogens with zero attached hydrogens (tertiary/aromatic N) is 1. The molecule has 1 fully saturated rings. The largest absolute Gasteiger partial charge is 0.423 e. The molecule has 0 unspecified atom stereocenters. The molecule has 0 saturated heterocycles. The number of rotatable bonds is 5. The molecular formula is C21H22IN3O2S. The van der Waals surface area contributed by atoms with E-state index in [2.05, 4.69) is 38.4 Å². The average molecular weight is 507 g/mol. The van der Waals surface area contributed by atoms with Crippen molar-refractivity contribution < 1.29 is 9.53 Å². The van der Waals surface area contributed by atoms with Gasteiger partial charge in [0.25, 0.3) is 0 Å². The van der Waals surface area contributed by atoms with Gasteiger partial charge in [0.15, 0.2) is 5.11 Å². The molecule has 0 heterocycles. The smallest absolute Gasteiger partial charge is 0.344 e. The third kappa shape index (κ3) is 6.27. The second-order valence-corrected chi connectivity index (χ2v) is 8.19. The van der Waals surface area contributed by atoms with Crippen molar-refractivity contribution >= 4 is 52.1 Å². The molecule has 0 atom stereocenters. The Balaban J connectivity index is 1.48. The number of ether oxygens (including phenoxy) is 1. The number of carbonyl (C=O) groups is 1. The summed E-state index contributed by atoms with van der Waals surface area (Å²) >= 11 is 7.40. The van der Waals surface area contributed by atoms with Crippen LogP contribution < -0.4 is 15.5 Å². The Morgan fingerprint density at radius 3 is 2.54 bits per heavy atom. The summed E-state index contributed by atoms with van der Waals surface area (Å²) in [5.74, 6) is 0.122. The van der Waals surface area contributed by atoms with Crippen molar-refractivity contribution in [3.63, 3.8) is 0 Å². The van der Waals surface area contributed by atoms with Crippen LogP contribution in [0.15, 0.2) is 53.6 Å². The maximum absolute atomic E-state index is 12.2. The number of thiocarbonyl (C=S) groups is 1. The van der Waals surface area contributed by atoms with Crippen molar-refractivity contribution in [3.8, 4) is 5.75 Å². The zero-order valence-corrected chi connectivity index (χ0v) is 18.3. The van der Waals surface area contributed by atoms with Crippen molar-refractivity contribution in [3.05, 3.63) is 63.2 Å². The third-order valence-electron chi connectivity index (χ3n) is 4.50. The summed E-state index contributed by atoms with van der Waals surface area (Å²) in [5.41, 5.74) is 4.29. The average Bonchev–Trinajstić information content (AvgIpc) is 2.70. The molecule has 0 radical (unpaired) electrons. The first-order valence-corrected chi connectivity index (χ1v) is 10.8. The summed E-state index contributed by atoms with van der Waals surface area (Å²) < 4.78 is 6.29. The van der Waals surface area contributed by atoms with Crippen LogP contribution in [0.2, 0.25) is 0 Å². The zero-order valence-electron chi connectivity index (χ0n) is 15.4. The van der Waals surface area contributed by atoms with Gasteiger partial charge in [0.2, 0.25) is 0 Å². The number of hydrogen-bond acceptors (Lipinski definition) is 4. The van der Waals surface area contributed by atoms with Gasteiger partial charge in [0.1, 0.15) is 5.75 Å². The summed E-state index contributed by atoms with van der Waals surface area (Å²) in [6.07, 6.45) is 7.82. The van der Waals surface area contributed by atoms with Crippen LogP contribution in [0, 0.1) is 3.57 Å². The maximum Gasteiger partial charge on any atom is 0.344 e. The number of benzene rings is 2. The molecule has 2 aromatic carbocycles. The van der Waals surface area contributed by atoms with Crippen LogP contribution in [0.25, 0.3) is 0 Å². The number of halogens is 1. The van der Waals surface area contributed by atoms with E-state index < -0.39 is 0 Å². The number of esters is 1. The van der Waals surface area contributed by atoms with Crippen molar-refractivity contribution in [1.82, 2.24) is 10.7 Å². The first kappa shape index (κ1) is 20.7. The van der Waals surface area contributed by atoms with E-state index in [0.717, 1.165) is 22.0 Å². The van der Waals surface area contributed by atoms with Crippen LogP contribution in [0.3, 0.4) is 0 Å². The molecule has 5 nitrogen and oxygen atoms in total. The minimum absolute atomic E-state index is 0.368. The highest BCUT2D eigenvalue weighted by Crippen LogP contribution is 2.18. The Bertz CT molecular complexity index is 849. The predicted molar refractivity (Wildman–Crippen MR) is 124 cm³/mol. The molecular weight excluding hydrogens is 485 g/mol. The van der Waals surface area contributed by atoms with Gasteiger partial charge in [0, 0.05) is 9.61 Å². The van der Waals surface area contributed by atoms with Crippen molar-refractivity contribution in [2.45, 2.75) is 38.1 Å². The second kappa shape index (κ2) is 10.5. The lowest BCUT2D eigenvalue weighted by atomic mass is 9.96.